The Labute approximate surface area is 185 Å². The molecule has 3 rings (SSSR count). The van der Waals surface area contributed by atoms with Gasteiger partial charge in [-0.1, -0.05) is 48.5 Å². The molecule has 0 fully saturated rings. The van der Waals surface area contributed by atoms with Crippen LogP contribution in [0, 0.1) is 0 Å². The molecule has 0 unspecified atom stereocenters. The summed E-state index contributed by atoms with van der Waals surface area (Å²) in [5.41, 5.74) is 6.85. The molecular weight excluding hydrogens is 438 g/mol. The SMILES string of the molecule is C=C(NNC(=O)c1cccc(S(=O)(=O)Nc2ccccc2OC)c1)c1ccc(Cl)cc1. The van der Waals surface area contributed by atoms with Crippen LogP contribution < -0.4 is 20.3 Å². The van der Waals surface area contributed by atoms with Gasteiger partial charge in [0.05, 0.1) is 23.4 Å². The lowest BCUT2D eigenvalue weighted by atomic mass is 10.2. The van der Waals surface area contributed by atoms with Crippen LogP contribution in [0.5, 0.6) is 5.75 Å². The van der Waals surface area contributed by atoms with Gasteiger partial charge in [-0.05, 0) is 48.0 Å². The zero-order chi connectivity index (χ0) is 22.4. The van der Waals surface area contributed by atoms with E-state index in [1.165, 1.54) is 31.4 Å². The number of halogens is 1. The largest absolute Gasteiger partial charge is 0.495 e. The maximum Gasteiger partial charge on any atom is 0.269 e. The molecule has 0 radical (unpaired) electrons. The van der Waals surface area contributed by atoms with Crippen molar-refractivity contribution in [3.63, 3.8) is 0 Å². The fourth-order valence-electron chi connectivity index (χ4n) is 2.66. The van der Waals surface area contributed by atoms with E-state index >= 15 is 0 Å². The molecule has 31 heavy (non-hydrogen) atoms. The third kappa shape index (κ3) is 5.56. The molecule has 0 saturated heterocycles. The van der Waals surface area contributed by atoms with Crippen LogP contribution in [0.3, 0.4) is 0 Å². The zero-order valence-corrected chi connectivity index (χ0v) is 18.1. The van der Waals surface area contributed by atoms with Gasteiger partial charge >= 0.3 is 0 Å². The average molecular weight is 458 g/mol. The summed E-state index contributed by atoms with van der Waals surface area (Å²) >= 11 is 5.86. The second-order valence-electron chi connectivity index (χ2n) is 6.40. The van der Waals surface area contributed by atoms with E-state index in [4.69, 9.17) is 16.3 Å². The number of ether oxygens (including phenoxy) is 1. The second-order valence-corrected chi connectivity index (χ2v) is 8.52. The first-order chi connectivity index (χ1) is 14.8. The number of carbonyl (C=O) groups is 1. The Morgan fingerprint density at radius 2 is 1.65 bits per heavy atom. The first kappa shape index (κ1) is 22.2. The first-order valence-corrected chi connectivity index (χ1v) is 10.9. The summed E-state index contributed by atoms with van der Waals surface area (Å²) in [7, 11) is -2.49. The standard InChI is InChI=1S/C22H20ClN3O4S/c1-15(16-10-12-18(23)13-11-16)24-25-22(27)17-6-5-7-19(14-17)31(28,29)26-20-8-3-4-9-21(20)30-2/h3-14,24,26H,1H2,2H3,(H,25,27). The Bertz CT molecular complexity index is 1210. The number of hydrogen-bond acceptors (Lipinski definition) is 5. The number of benzene rings is 3. The Morgan fingerprint density at radius 3 is 2.35 bits per heavy atom. The summed E-state index contributed by atoms with van der Waals surface area (Å²) in [6.45, 7) is 3.85. The molecule has 0 spiro atoms. The van der Waals surface area contributed by atoms with Crippen molar-refractivity contribution in [2.24, 2.45) is 0 Å². The van der Waals surface area contributed by atoms with Gasteiger partial charge in [0.2, 0.25) is 0 Å². The molecule has 0 saturated carbocycles. The number of rotatable bonds is 8. The van der Waals surface area contributed by atoms with E-state index in [1.807, 2.05) is 0 Å². The lowest BCUT2D eigenvalue weighted by Crippen LogP contribution is -2.35. The van der Waals surface area contributed by atoms with Crippen molar-refractivity contribution in [3.05, 3.63) is 95.5 Å². The van der Waals surface area contributed by atoms with Crippen molar-refractivity contribution < 1.29 is 17.9 Å². The Hall–Kier alpha value is -3.49. The minimum Gasteiger partial charge on any atom is -0.495 e. The smallest absolute Gasteiger partial charge is 0.269 e. The molecule has 0 aliphatic carbocycles. The fourth-order valence-corrected chi connectivity index (χ4v) is 3.91. The van der Waals surface area contributed by atoms with Crippen molar-refractivity contribution in [1.29, 1.82) is 0 Å². The minimum absolute atomic E-state index is 0.0671. The van der Waals surface area contributed by atoms with Crippen LogP contribution in [0.2, 0.25) is 5.02 Å². The number of carbonyl (C=O) groups excluding carboxylic acids is 1. The highest BCUT2D eigenvalue weighted by Crippen LogP contribution is 2.26. The molecule has 0 aliphatic rings. The van der Waals surface area contributed by atoms with Crippen molar-refractivity contribution in [2.75, 3.05) is 11.8 Å². The van der Waals surface area contributed by atoms with Crippen molar-refractivity contribution in [1.82, 2.24) is 10.9 Å². The van der Waals surface area contributed by atoms with E-state index in [0.29, 0.717) is 22.2 Å². The molecule has 0 heterocycles. The van der Waals surface area contributed by atoms with Gasteiger partial charge in [0.25, 0.3) is 15.9 Å². The first-order valence-electron chi connectivity index (χ1n) is 9.07. The van der Waals surface area contributed by atoms with Crippen LogP contribution in [-0.2, 0) is 10.0 Å². The Balaban J connectivity index is 1.72. The lowest BCUT2D eigenvalue weighted by Gasteiger charge is -2.13. The fraction of sp³-hybridized carbons (Fsp3) is 0.0455. The number of sulfonamides is 1. The summed E-state index contributed by atoms with van der Waals surface area (Å²) in [5.74, 6) is -0.144. The summed E-state index contributed by atoms with van der Waals surface area (Å²) in [4.78, 5) is 12.4. The van der Waals surface area contributed by atoms with Crippen LogP contribution in [0.1, 0.15) is 15.9 Å². The average Bonchev–Trinajstić information content (AvgIpc) is 2.78. The molecule has 3 aromatic rings. The van der Waals surface area contributed by atoms with Gasteiger partial charge in [0.15, 0.2) is 0 Å². The highest BCUT2D eigenvalue weighted by molar-refractivity contribution is 7.92. The van der Waals surface area contributed by atoms with Crippen molar-refractivity contribution >= 4 is 38.9 Å². The monoisotopic (exact) mass is 457 g/mol. The van der Waals surface area contributed by atoms with Crippen LogP contribution >= 0.6 is 11.6 Å². The molecule has 160 valence electrons. The number of hydrazine groups is 1. The number of para-hydroxylation sites is 2. The van der Waals surface area contributed by atoms with Gasteiger partial charge in [-0.25, -0.2) is 8.42 Å². The maximum atomic E-state index is 12.8. The molecule has 0 aliphatic heterocycles. The number of anilines is 1. The van der Waals surface area contributed by atoms with Crippen molar-refractivity contribution in [3.8, 4) is 5.75 Å². The summed E-state index contributed by atoms with van der Waals surface area (Å²) in [6.07, 6.45) is 0. The molecular formula is C22H20ClN3O4S. The van der Waals surface area contributed by atoms with E-state index in [9.17, 15) is 13.2 Å². The molecule has 9 heteroatoms. The lowest BCUT2D eigenvalue weighted by molar-refractivity contribution is 0.0942. The van der Waals surface area contributed by atoms with Gasteiger partial charge in [0.1, 0.15) is 5.75 Å². The number of hydrogen-bond donors (Lipinski definition) is 3. The number of methoxy groups -OCH3 is 1. The van der Waals surface area contributed by atoms with Gasteiger partial charge < -0.3 is 4.74 Å². The quantitative estimate of drug-likeness (QED) is 0.443. The molecule has 1 amide bonds. The highest BCUT2D eigenvalue weighted by Gasteiger charge is 2.18. The van der Waals surface area contributed by atoms with Crippen LogP contribution in [-0.4, -0.2) is 21.4 Å². The van der Waals surface area contributed by atoms with Gasteiger partial charge in [-0.2, -0.15) is 0 Å². The normalized spacial score (nSPS) is 10.8. The van der Waals surface area contributed by atoms with Crippen LogP contribution in [0.15, 0.2) is 84.3 Å². The zero-order valence-electron chi connectivity index (χ0n) is 16.6. The third-order valence-electron chi connectivity index (χ3n) is 4.28. The van der Waals surface area contributed by atoms with Crippen molar-refractivity contribution in [2.45, 2.75) is 4.90 Å². The molecule has 0 aromatic heterocycles. The number of amides is 1. The minimum atomic E-state index is -3.94. The summed E-state index contributed by atoms with van der Waals surface area (Å²) < 4.78 is 33.2. The Morgan fingerprint density at radius 1 is 0.935 bits per heavy atom. The number of nitrogens with one attached hydrogen (secondary N) is 3. The van der Waals surface area contributed by atoms with Gasteiger partial charge in [-0.15, -0.1) is 0 Å². The van der Waals surface area contributed by atoms with Crippen LogP contribution in [0.25, 0.3) is 5.70 Å². The molecule has 3 N–H and O–H groups in total. The molecule has 7 nitrogen and oxygen atoms in total. The Kier molecular flexibility index (Phi) is 6.84. The van der Waals surface area contributed by atoms with Crippen LogP contribution in [0.4, 0.5) is 5.69 Å². The summed E-state index contributed by atoms with van der Waals surface area (Å²) in [6, 6.07) is 19.2. The second kappa shape index (κ2) is 9.55. The van der Waals surface area contributed by atoms with E-state index in [0.717, 1.165) is 5.56 Å². The van der Waals surface area contributed by atoms with E-state index in [2.05, 4.69) is 22.2 Å². The van der Waals surface area contributed by atoms with E-state index in [-0.39, 0.29) is 10.5 Å². The molecule has 3 aromatic carbocycles. The third-order valence-corrected chi connectivity index (χ3v) is 5.89. The predicted molar refractivity (Wildman–Crippen MR) is 121 cm³/mol. The van der Waals surface area contributed by atoms with E-state index in [1.54, 1.807) is 48.5 Å². The summed E-state index contributed by atoms with van der Waals surface area (Å²) in [5, 5.41) is 0.584. The van der Waals surface area contributed by atoms with E-state index < -0.39 is 15.9 Å². The molecule has 0 atom stereocenters. The topological polar surface area (TPSA) is 96.5 Å². The van der Waals surface area contributed by atoms with Gasteiger partial charge in [-0.3, -0.25) is 20.4 Å². The predicted octanol–water partition coefficient (Wildman–Crippen LogP) is 4.05. The highest BCUT2D eigenvalue weighted by atomic mass is 35.5. The maximum absolute atomic E-state index is 12.8. The van der Waals surface area contributed by atoms with Gasteiger partial charge in [0, 0.05) is 10.6 Å². The molecule has 0 bridgehead atoms.